The van der Waals surface area contributed by atoms with Gasteiger partial charge in [-0.05, 0) is 112 Å². The van der Waals surface area contributed by atoms with Gasteiger partial charge in [-0.15, -0.1) is 0 Å². The monoisotopic (exact) mass is 783 g/mol. The van der Waals surface area contributed by atoms with Gasteiger partial charge in [0.25, 0.3) is 0 Å². The number of anilines is 3. The van der Waals surface area contributed by atoms with Gasteiger partial charge in [0.05, 0.1) is 0 Å². The van der Waals surface area contributed by atoms with E-state index in [0.717, 1.165) is 105 Å². The molecule has 0 spiro atoms. The molecule has 3 aromatic heterocycles. The van der Waals surface area contributed by atoms with Crippen LogP contribution in [0.25, 0.3) is 99.2 Å². The lowest BCUT2D eigenvalue weighted by Crippen LogP contribution is -2.16. The minimum Gasteiger partial charge on any atom is -0.456 e. The summed E-state index contributed by atoms with van der Waals surface area (Å²) in [4.78, 5) is 2.38. The van der Waals surface area contributed by atoms with Crippen LogP contribution in [-0.4, -0.2) is 0 Å². The molecule has 0 amide bonds. The van der Waals surface area contributed by atoms with Crippen LogP contribution in [0, 0.1) is 0 Å². The van der Waals surface area contributed by atoms with Gasteiger partial charge in [0, 0.05) is 60.4 Å². The molecule has 4 nitrogen and oxygen atoms in total. The number of furan rings is 3. The molecule has 4 heteroatoms. The van der Waals surface area contributed by atoms with E-state index in [1.807, 2.05) is 18.2 Å². The van der Waals surface area contributed by atoms with Gasteiger partial charge >= 0.3 is 0 Å². The molecule has 0 fully saturated rings. The summed E-state index contributed by atoms with van der Waals surface area (Å²) in [5.74, 6) is 0. The average Bonchev–Trinajstić information content (AvgIpc) is 4.03. The molecule has 0 bridgehead atoms. The molecule has 0 saturated carbocycles. The Balaban J connectivity index is 0.965. The molecule has 0 aliphatic heterocycles. The van der Waals surface area contributed by atoms with Crippen LogP contribution in [0.5, 0.6) is 0 Å². The lowest BCUT2D eigenvalue weighted by atomic mass is 9.82. The molecule has 0 N–H and O–H groups in total. The fourth-order valence-corrected chi connectivity index (χ4v) is 10.0. The molecule has 0 saturated heterocycles. The van der Waals surface area contributed by atoms with E-state index in [-0.39, 0.29) is 5.41 Å². The number of benzene rings is 9. The second-order valence-electron chi connectivity index (χ2n) is 16.9. The Hall–Kier alpha value is -7.82. The van der Waals surface area contributed by atoms with Crippen molar-refractivity contribution < 1.29 is 13.3 Å². The summed E-state index contributed by atoms with van der Waals surface area (Å²) in [5, 5.41) is 6.43. The van der Waals surface area contributed by atoms with Crippen LogP contribution in [-0.2, 0) is 5.41 Å². The van der Waals surface area contributed by atoms with Crippen molar-refractivity contribution in [3.63, 3.8) is 0 Å². The van der Waals surface area contributed by atoms with E-state index in [4.69, 9.17) is 13.3 Å². The first kappa shape index (κ1) is 34.1. The van der Waals surface area contributed by atoms with Gasteiger partial charge in [0.2, 0.25) is 0 Å². The zero-order valence-electron chi connectivity index (χ0n) is 33.6. The first-order valence-corrected chi connectivity index (χ1v) is 20.9. The number of nitrogens with zero attached hydrogens (tertiary/aromatic N) is 1. The van der Waals surface area contributed by atoms with Crippen molar-refractivity contribution in [3.05, 3.63) is 199 Å². The number of fused-ring (bicyclic) bond motifs is 12. The first-order valence-electron chi connectivity index (χ1n) is 20.9. The Bertz CT molecular complexity index is 3730. The van der Waals surface area contributed by atoms with E-state index in [1.54, 1.807) is 0 Å². The van der Waals surface area contributed by atoms with Crippen LogP contribution in [0.3, 0.4) is 0 Å². The van der Waals surface area contributed by atoms with Crippen LogP contribution in [0.1, 0.15) is 25.0 Å². The van der Waals surface area contributed by atoms with Crippen molar-refractivity contribution in [2.45, 2.75) is 19.3 Å². The summed E-state index contributed by atoms with van der Waals surface area (Å²) in [5.41, 5.74) is 18.0. The minimum atomic E-state index is -0.142. The van der Waals surface area contributed by atoms with Gasteiger partial charge in [0.1, 0.15) is 33.5 Å². The van der Waals surface area contributed by atoms with Gasteiger partial charge in [-0.2, -0.15) is 0 Å². The van der Waals surface area contributed by atoms with Crippen molar-refractivity contribution in [2.24, 2.45) is 0 Å². The third-order valence-corrected chi connectivity index (χ3v) is 13.1. The largest absolute Gasteiger partial charge is 0.456 e. The van der Waals surface area contributed by atoms with E-state index >= 15 is 0 Å². The minimum absolute atomic E-state index is 0.142. The molecule has 0 unspecified atom stereocenters. The highest BCUT2D eigenvalue weighted by Gasteiger charge is 2.36. The Kier molecular flexibility index (Phi) is 7.04. The first-order chi connectivity index (χ1) is 30.0. The van der Waals surface area contributed by atoms with Gasteiger partial charge in [-0.25, -0.2) is 0 Å². The molecule has 288 valence electrons. The van der Waals surface area contributed by atoms with Crippen molar-refractivity contribution in [1.29, 1.82) is 0 Å². The fourth-order valence-electron chi connectivity index (χ4n) is 10.0. The van der Waals surface area contributed by atoms with E-state index < -0.39 is 0 Å². The maximum absolute atomic E-state index is 6.70. The summed E-state index contributed by atoms with van der Waals surface area (Å²) in [7, 11) is 0. The number of hydrogen-bond acceptors (Lipinski definition) is 4. The molecule has 61 heavy (non-hydrogen) atoms. The van der Waals surface area contributed by atoms with E-state index in [9.17, 15) is 0 Å². The predicted molar refractivity (Wildman–Crippen MR) is 251 cm³/mol. The van der Waals surface area contributed by atoms with Gasteiger partial charge in [0.15, 0.2) is 0 Å². The fraction of sp³-hybridized carbons (Fsp3) is 0.0526. The average molecular weight is 784 g/mol. The van der Waals surface area contributed by atoms with Crippen molar-refractivity contribution >= 4 is 82.9 Å². The van der Waals surface area contributed by atoms with E-state index in [2.05, 4.69) is 189 Å². The number of rotatable bonds is 5. The topological polar surface area (TPSA) is 42.7 Å². The summed E-state index contributed by atoms with van der Waals surface area (Å²) < 4.78 is 19.5. The number of para-hydroxylation sites is 2. The molecular weight excluding hydrogens is 747 g/mol. The SMILES string of the molecule is CC1(C)c2ccccc2-c2ccc(N(c3ccc(-c4ccc5oc6ccccc6c5c4)cc3)c3ccc4oc5cc6c(cc5c4c3)oc3c(-c4ccccc4)cccc36)cc21. The third-order valence-electron chi connectivity index (χ3n) is 13.1. The normalized spacial score (nSPS) is 13.2. The zero-order valence-corrected chi connectivity index (χ0v) is 33.6. The summed E-state index contributed by atoms with van der Waals surface area (Å²) in [6.07, 6.45) is 0. The van der Waals surface area contributed by atoms with Crippen LogP contribution in [0.2, 0.25) is 0 Å². The van der Waals surface area contributed by atoms with Crippen LogP contribution >= 0.6 is 0 Å². The van der Waals surface area contributed by atoms with E-state index in [1.165, 1.54) is 22.3 Å². The van der Waals surface area contributed by atoms with Crippen molar-refractivity contribution in [1.82, 2.24) is 0 Å². The second-order valence-corrected chi connectivity index (χ2v) is 16.9. The van der Waals surface area contributed by atoms with Gasteiger partial charge in [-0.3, -0.25) is 0 Å². The Labute approximate surface area is 351 Å². The second kappa shape index (κ2) is 12.6. The molecule has 12 aromatic rings. The molecule has 0 radical (unpaired) electrons. The molecule has 3 heterocycles. The predicted octanol–water partition coefficient (Wildman–Crippen LogP) is 16.5. The Morgan fingerprint density at radius 3 is 1.77 bits per heavy atom. The highest BCUT2D eigenvalue weighted by molar-refractivity contribution is 6.17. The van der Waals surface area contributed by atoms with Crippen LogP contribution in [0.4, 0.5) is 17.1 Å². The van der Waals surface area contributed by atoms with Gasteiger partial charge < -0.3 is 18.2 Å². The molecule has 1 aliphatic carbocycles. The lowest BCUT2D eigenvalue weighted by Gasteiger charge is -2.28. The Morgan fingerprint density at radius 1 is 0.328 bits per heavy atom. The quantitative estimate of drug-likeness (QED) is 0.174. The summed E-state index contributed by atoms with van der Waals surface area (Å²) in [6.45, 7) is 4.68. The highest BCUT2D eigenvalue weighted by atomic mass is 16.3. The molecular formula is C57H37NO3. The van der Waals surface area contributed by atoms with Crippen molar-refractivity contribution in [3.8, 4) is 33.4 Å². The van der Waals surface area contributed by atoms with Gasteiger partial charge in [-0.1, -0.05) is 129 Å². The highest BCUT2D eigenvalue weighted by Crippen LogP contribution is 2.51. The molecule has 9 aromatic carbocycles. The molecule has 1 aliphatic rings. The smallest absolute Gasteiger partial charge is 0.143 e. The number of hydrogen-bond donors (Lipinski definition) is 0. The molecule has 0 atom stereocenters. The van der Waals surface area contributed by atoms with Crippen molar-refractivity contribution in [2.75, 3.05) is 4.90 Å². The maximum atomic E-state index is 6.70. The maximum Gasteiger partial charge on any atom is 0.143 e. The summed E-state index contributed by atoms with van der Waals surface area (Å²) in [6, 6.07) is 67.1. The third kappa shape index (κ3) is 5.06. The Morgan fingerprint density at radius 2 is 0.902 bits per heavy atom. The standard InChI is InChI=1S/C57H37NO3/c1-57(2)49-17-8-6-13-41(49)42-26-24-39(31-50(42)57)58(37-22-19-34(20-23-37)36-21-27-52-45(29-36)43-14-7-9-18-51(43)59-52)38-25-28-53-46(30-38)48-33-55-47(32-54(48)60-53)44-16-10-15-40(56(44)61-55)35-11-4-3-5-12-35/h3-33H,1-2H3. The summed E-state index contributed by atoms with van der Waals surface area (Å²) >= 11 is 0. The molecule has 13 rings (SSSR count). The lowest BCUT2D eigenvalue weighted by molar-refractivity contribution is 0.660. The van der Waals surface area contributed by atoms with E-state index in [0.29, 0.717) is 0 Å². The van der Waals surface area contributed by atoms with Crippen LogP contribution < -0.4 is 4.90 Å². The zero-order chi connectivity index (χ0) is 40.4. The van der Waals surface area contributed by atoms with Crippen LogP contribution in [0.15, 0.2) is 201 Å².